The number of amides is 1. The van der Waals surface area contributed by atoms with E-state index in [0.29, 0.717) is 11.5 Å². The van der Waals surface area contributed by atoms with Gasteiger partial charge in [-0.05, 0) is 50.8 Å². The van der Waals surface area contributed by atoms with E-state index < -0.39 is 5.82 Å². The molecule has 0 spiro atoms. The molecular formula is C20H25ClFN5O. The van der Waals surface area contributed by atoms with Crippen LogP contribution < -0.4 is 15.5 Å². The number of rotatable bonds is 5. The van der Waals surface area contributed by atoms with Crippen molar-refractivity contribution in [3.63, 3.8) is 0 Å². The molecule has 8 heteroatoms. The molecule has 2 N–H and O–H groups in total. The average molecular weight is 406 g/mol. The van der Waals surface area contributed by atoms with E-state index in [2.05, 4.69) is 20.6 Å². The van der Waals surface area contributed by atoms with Gasteiger partial charge in [-0.25, -0.2) is 9.37 Å². The number of aromatic nitrogens is 2. The summed E-state index contributed by atoms with van der Waals surface area (Å²) in [7, 11) is 3.90. The molecule has 0 atom stereocenters. The molecule has 6 nitrogen and oxygen atoms in total. The maximum absolute atomic E-state index is 13.3. The van der Waals surface area contributed by atoms with E-state index >= 15 is 0 Å². The first-order valence-corrected chi connectivity index (χ1v) is 9.75. The highest BCUT2D eigenvalue weighted by Crippen LogP contribution is 2.23. The summed E-state index contributed by atoms with van der Waals surface area (Å²) in [5.41, 5.74) is 1.29. The third kappa shape index (κ3) is 5.10. The molecule has 28 heavy (non-hydrogen) atoms. The number of anilines is 2. The number of halogens is 2. The van der Waals surface area contributed by atoms with Crippen molar-refractivity contribution in [3.05, 3.63) is 46.4 Å². The van der Waals surface area contributed by atoms with Crippen LogP contribution in [0.15, 0.2) is 24.3 Å². The summed E-state index contributed by atoms with van der Waals surface area (Å²) in [5.74, 6) is 0.752. The van der Waals surface area contributed by atoms with E-state index in [1.165, 1.54) is 18.2 Å². The lowest BCUT2D eigenvalue weighted by molar-refractivity contribution is 0.0926. The lowest BCUT2D eigenvalue weighted by atomic mass is 9.91. The van der Waals surface area contributed by atoms with Crippen molar-refractivity contribution in [3.8, 4) is 0 Å². The highest BCUT2D eigenvalue weighted by molar-refractivity contribution is 6.31. The summed E-state index contributed by atoms with van der Waals surface area (Å²) < 4.78 is 13.3. The maximum atomic E-state index is 13.3. The Labute approximate surface area is 169 Å². The summed E-state index contributed by atoms with van der Waals surface area (Å²) in [6.07, 6.45) is 3.52. The second-order valence-electron chi connectivity index (χ2n) is 7.38. The van der Waals surface area contributed by atoms with Crippen molar-refractivity contribution in [1.29, 1.82) is 0 Å². The van der Waals surface area contributed by atoms with Gasteiger partial charge in [0.1, 0.15) is 11.6 Å². The Morgan fingerprint density at radius 3 is 2.46 bits per heavy atom. The minimum atomic E-state index is -0.527. The number of aryl methyl sites for hydroxylation is 1. The molecule has 1 fully saturated rings. The molecule has 1 aromatic heterocycles. The number of carbonyl (C=O) groups excluding carboxylic acids is 1. The SMILES string of the molecule is Cc1cc(N(C)C)nc(N[C@H]2CC[C@@H](NC(=O)c3ccc(F)c(Cl)c3)CC2)n1. The molecule has 1 amide bonds. The number of nitrogens with zero attached hydrogens (tertiary/aromatic N) is 3. The van der Waals surface area contributed by atoms with Gasteiger partial charge < -0.3 is 15.5 Å². The standard InChI is InChI=1S/C20H25ClFN5O/c1-12-10-18(27(2)3)26-20(23-12)25-15-7-5-14(6-8-15)24-19(28)13-4-9-17(22)16(21)11-13/h4,9-11,14-15H,5-8H2,1-3H3,(H,24,28)(H,23,25,26)/t14-,15+. The monoisotopic (exact) mass is 405 g/mol. The normalized spacial score (nSPS) is 19.2. The minimum absolute atomic E-state index is 0.0455. The maximum Gasteiger partial charge on any atom is 0.251 e. The van der Waals surface area contributed by atoms with Crippen LogP contribution in [0.4, 0.5) is 16.2 Å². The Morgan fingerprint density at radius 1 is 1.14 bits per heavy atom. The van der Waals surface area contributed by atoms with E-state index in [9.17, 15) is 9.18 Å². The quantitative estimate of drug-likeness (QED) is 0.791. The van der Waals surface area contributed by atoms with Crippen molar-refractivity contribution in [2.75, 3.05) is 24.3 Å². The molecule has 0 unspecified atom stereocenters. The van der Waals surface area contributed by atoms with Gasteiger partial charge in [-0.1, -0.05) is 11.6 Å². The lowest BCUT2D eigenvalue weighted by Crippen LogP contribution is -2.40. The molecule has 2 aromatic rings. The van der Waals surface area contributed by atoms with Crippen LogP contribution >= 0.6 is 11.6 Å². The molecule has 0 aliphatic heterocycles. The summed E-state index contributed by atoms with van der Waals surface area (Å²) in [6, 6.07) is 6.31. The zero-order valence-corrected chi connectivity index (χ0v) is 17.1. The van der Waals surface area contributed by atoms with Crippen LogP contribution in [0, 0.1) is 12.7 Å². The van der Waals surface area contributed by atoms with Crippen LogP contribution in [-0.4, -0.2) is 42.1 Å². The third-order valence-electron chi connectivity index (χ3n) is 4.88. The van der Waals surface area contributed by atoms with Gasteiger partial charge in [-0.2, -0.15) is 4.98 Å². The molecule has 1 aliphatic carbocycles. The number of hydrogen-bond acceptors (Lipinski definition) is 5. The Hall–Kier alpha value is -2.41. The Balaban J connectivity index is 1.53. The second kappa shape index (κ2) is 8.73. The number of nitrogens with one attached hydrogen (secondary N) is 2. The Morgan fingerprint density at radius 2 is 1.82 bits per heavy atom. The smallest absolute Gasteiger partial charge is 0.251 e. The fourth-order valence-electron chi connectivity index (χ4n) is 3.32. The Kier molecular flexibility index (Phi) is 6.34. The van der Waals surface area contributed by atoms with E-state index in [1.807, 2.05) is 32.0 Å². The van der Waals surface area contributed by atoms with Gasteiger partial charge >= 0.3 is 0 Å². The molecule has 1 heterocycles. The van der Waals surface area contributed by atoms with Gasteiger partial charge in [-0.3, -0.25) is 4.79 Å². The predicted molar refractivity (Wildman–Crippen MR) is 110 cm³/mol. The van der Waals surface area contributed by atoms with Crippen molar-refractivity contribution in [1.82, 2.24) is 15.3 Å². The first-order valence-electron chi connectivity index (χ1n) is 9.37. The highest BCUT2D eigenvalue weighted by Gasteiger charge is 2.23. The third-order valence-corrected chi connectivity index (χ3v) is 5.17. The van der Waals surface area contributed by atoms with Gasteiger partial charge in [0.15, 0.2) is 0 Å². The highest BCUT2D eigenvalue weighted by atomic mass is 35.5. The first-order chi connectivity index (χ1) is 13.3. The van der Waals surface area contributed by atoms with Crippen molar-refractivity contribution in [2.45, 2.75) is 44.7 Å². The summed E-state index contributed by atoms with van der Waals surface area (Å²) in [5, 5.41) is 6.38. The summed E-state index contributed by atoms with van der Waals surface area (Å²) >= 11 is 5.76. The molecular weight excluding hydrogens is 381 g/mol. The largest absolute Gasteiger partial charge is 0.363 e. The fourth-order valence-corrected chi connectivity index (χ4v) is 3.50. The van der Waals surface area contributed by atoms with Gasteiger partial charge in [0.2, 0.25) is 5.95 Å². The predicted octanol–water partition coefficient (Wildman–Crippen LogP) is 3.80. The van der Waals surface area contributed by atoms with Crippen LogP contribution in [0.1, 0.15) is 41.7 Å². The number of hydrogen-bond donors (Lipinski definition) is 2. The summed E-state index contributed by atoms with van der Waals surface area (Å²) in [4.78, 5) is 23.3. The zero-order chi connectivity index (χ0) is 20.3. The van der Waals surface area contributed by atoms with Crippen LogP contribution in [0.2, 0.25) is 5.02 Å². The van der Waals surface area contributed by atoms with Crippen molar-refractivity contribution < 1.29 is 9.18 Å². The fraction of sp³-hybridized carbons (Fsp3) is 0.450. The van der Waals surface area contributed by atoms with E-state index in [-0.39, 0.29) is 23.0 Å². The zero-order valence-electron chi connectivity index (χ0n) is 16.3. The molecule has 0 radical (unpaired) electrons. The topological polar surface area (TPSA) is 70.2 Å². The van der Waals surface area contributed by atoms with Crippen LogP contribution in [-0.2, 0) is 0 Å². The molecule has 0 saturated heterocycles. The van der Waals surface area contributed by atoms with Crippen LogP contribution in [0.5, 0.6) is 0 Å². The summed E-state index contributed by atoms with van der Waals surface area (Å²) in [6.45, 7) is 1.95. The van der Waals surface area contributed by atoms with Crippen molar-refractivity contribution >= 4 is 29.3 Å². The molecule has 150 valence electrons. The van der Waals surface area contributed by atoms with E-state index in [0.717, 1.165) is 37.2 Å². The number of benzene rings is 1. The van der Waals surface area contributed by atoms with Gasteiger partial charge in [0.25, 0.3) is 5.91 Å². The first kappa shape index (κ1) is 20.3. The van der Waals surface area contributed by atoms with E-state index in [1.54, 1.807) is 0 Å². The Bertz CT molecular complexity index is 852. The van der Waals surface area contributed by atoms with Gasteiger partial charge in [0, 0.05) is 43.5 Å². The van der Waals surface area contributed by atoms with Crippen LogP contribution in [0.25, 0.3) is 0 Å². The molecule has 0 bridgehead atoms. The second-order valence-corrected chi connectivity index (χ2v) is 7.79. The van der Waals surface area contributed by atoms with Crippen molar-refractivity contribution in [2.24, 2.45) is 0 Å². The molecule has 3 rings (SSSR count). The van der Waals surface area contributed by atoms with E-state index in [4.69, 9.17) is 11.6 Å². The molecule has 1 saturated carbocycles. The number of carbonyl (C=O) groups is 1. The molecule has 1 aromatic carbocycles. The van der Waals surface area contributed by atoms with Gasteiger partial charge in [0.05, 0.1) is 5.02 Å². The minimum Gasteiger partial charge on any atom is -0.363 e. The average Bonchev–Trinajstić information content (AvgIpc) is 2.65. The van der Waals surface area contributed by atoms with Gasteiger partial charge in [-0.15, -0.1) is 0 Å². The van der Waals surface area contributed by atoms with Crippen LogP contribution in [0.3, 0.4) is 0 Å². The molecule has 1 aliphatic rings. The lowest BCUT2D eigenvalue weighted by Gasteiger charge is -2.30.